The Balaban J connectivity index is 1.54. The van der Waals surface area contributed by atoms with Crippen molar-refractivity contribution in [1.82, 2.24) is 19.7 Å². The van der Waals surface area contributed by atoms with Gasteiger partial charge in [-0.2, -0.15) is 5.10 Å². The van der Waals surface area contributed by atoms with E-state index < -0.39 is 0 Å². The minimum Gasteiger partial charge on any atom is -0.294 e. The minimum atomic E-state index is -0.125. The van der Waals surface area contributed by atoms with E-state index in [0.29, 0.717) is 12.4 Å². The molecule has 1 unspecified atom stereocenters. The van der Waals surface area contributed by atoms with Gasteiger partial charge in [0, 0.05) is 30.6 Å². The van der Waals surface area contributed by atoms with E-state index >= 15 is 0 Å². The second-order valence-corrected chi connectivity index (χ2v) is 6.41. The molecule has 2 aromatic heterocycles. The molecule has 1 aliphatic rings. The Hall–Kier alpha value is -3.28. The van der Waals surface area contributed by atoms with Gasteiger partial charge < -0.3 is 0 Å². The third kappa shape index (κ3) is 3.54. The van der Waals surface area contributed by atoms with Crippen LogP contribution in [0.5, 0.6) is 0 Å². The van der Waals surface area contributed by atoms with Gasteiger partial charge in [-0.25, -0.2) is 9.97 Å². The molecule has 2 heterocycles. The first-order valence-corrected chi connectivity index (χ1v) is 8.55. The molecule has 4 rings (SSSR count). The van der Waals surface area contributed by atoms with Crippen molar-refractivity contribution in [3.05, 3.63) is 70.6 Å². The fourth-order valence-corrected chi connectivity index (χ4v) is 3.08. The van der Waals surface area contributed by atoms with E-state index in [4.69, 9.17) is 0 Å². The SMILES string of the molecule is Cn1cc(C2C=c3nc(NC(=O)Cc4ccccc4)ncc3=CC2)cn1. The molecule has 0 fully saturated rings. The van der Waals surface area contributed by atoms with Crippen molar-refractivity contribution in [2.24, 2.45) is 7.05 Å². The van der Waals surface area contributed by atoms with Crippen LogP contribution in [0.25, 0.3) is 12.2 Å². The van der Waals surface area contributed by atoms with Gasteiger partial charge in [0.2, 0.25) is 11.9 Å². The fourth-order valence-electron chi connectivity index (χ4n) is 3.08. The van der Waals surface area contributed by atoms with Gasteiger partial charge in [-0.1, -0.05) is 36.4 Å². The van der Waals surface area contributed by atoms with Crippen LogP contribution in [0.4, 0.5) is 5.95 Å². The number of nitrogens with zero attached hydrogens (tertiary/aromatic N) is 4. The topological polar surface area (TPSA) is 72.7 Å². The van der Waals surface area contributed by atoms with Crippen LogP contribution in [0.15, 0.2) is 48.9 Å². The molecule has 0 bridgehead atoms. The number of fused-ring (bicyclic) bond motifs is 1. The summed E-state index contributed by atoms with van der Waals surface area (Å²) < 4.78 is 1.80. The van der Waals surface area contributed by atoms with Crippen LogP contribution >= 0.6 is 0 Å². The van der Waals surface area contributed by atoms with Crippen molar-refractivity contribution in [1.29, 1.82) is 0 Å². The highest BCUT2D eigenvalue weighted by Crippen LogP contribution is 2.22. The smallest absolute Gasteiger partial charge is 0.231 e. The summed E-state index contributed by atoms with van der Waals surface area (Å²) in [7, 11) is 1.91. The Morgan fingerprint density at radius 2 is 2.12 bits per heavy atom. The second kappa shape index (κ2) is 6.92. The van der Waals surface area contributed by atoms with Gasteiger partial charge in [0.05, 0.1) is 18.0 Å². The molecule has 0 saturated heterocycles. The molecule has 130 valence electrons. The van der Waals surface area contributed by atoms with E-state index in [2.05, 4.69) is 32.5 Å². The first-order chi connectivity index (χ1) is 12.7. The second-order valence-electron chi connectivity index (χ2n) is 6.41. The number of carbonyl (C=O) groups excluding carboxylic acids is 1. The van der Waals surface area contributed by atoms with Gasteiger partial charge >= 0.3 is 0 Å². The maximum absolute atomic E-state index is 12.2. The Labute approximate surface area is 150 Å². The number of hydrogen-bond acceptors (Lipinski definition) is 4. The van der Waals surface area contributed by atoms with E-state index in [-0.39, 0.29) is 11.8 Å². The molecule has 1 aliphatic carbocycles. The highest BCUT2D eigenvalue weighted by molar-refractivity contribution is 5.90. The molecule has 6 heteroatoms. The summed E-state index contributed by atoms with van der Waals surface area (Å²) in [5, 5.41) is 8.86. The highest BCUT2D eigenvalue weighted by Gasteiger charge is 2.13. The standard InChI is InChI=1S/C20H19N5O/c1-25-13-17(12-22-25)15-7-8-16-11-21-20(23-18(16)10-15)24-19(26)9-14-5-3-2-4-6-14/h2-6,8,10-13,15H,7,9H2,1H3,(H,23,24,26). The van der Waals surface area contributed by atoms with Crippen LogP contribution in [0.3, 0.4) is 0 Å². The number of carbonyl (C=O) groups is 1. The van der Waals surface area contributed by atoms with Crippen LogP contribution < -0.4 is 15.9 Å². The van der Waals surface area contributed by atoms with Crippen LogP contribution in [-0.2, 0) is 18.3 Å². The number of benzene rings is 1. The zero-order valence-electron chi connectivity index (χ0n) is 14.5. The van der Waals surface area contributed by atoms with Crippen molar-refractivity contribution >= 4 is 24.0 Å². The lowest BCUT2D eigenvalue weighted by Gasteiger charge is -2.12. The van der Waals surface area contributed by atoms with E-state index in [1.807, 2.05) is 49.8 Å². The number of aryl methyl sites for hydroxylation is 1. The Kier molecular flexibility index (Phi) is 4.31. The van der Waals surface area contributed by atoms with Crippen molar-refractivity contribution in [2.75, 3.05) is 5.32 Å². The molecule has 0 aliphatic heterocycles. The molecule has 0 radical (unpaired) electrons. The predicted octanol–water partition coefficient (Wildman–Crippen LogP) is 1.14. The largest absolute Gasteiger partial charge is 0.294 e. The summed E-state index contributed by atoms with van der Waals surface area (Å²) in [4.78, 5) is 21.0. The number of hydrogen-bond donors (Lipinski definition) is 1. The molecule has 1 N–H and O–H groups in total. The van der Waals surface area contributed by atoms with Gasteiger partial charge in [-0.15, -0.1) is 0 Å². The average molecular weight is 345 g/mol. The zero-order chi connectivity index (χ0) is 17.9. The maximum atomic E-state index is 12.2. The van der Waals surface area contributed by atoms with Gasteiger partial charge in [0.15, 0.2) is 0 Å². The average Bonchev–Trinajstić information content (AvgIpc) is 3.08. The first kappa shape index (κ1) is 16.2. The van der Waals surface area contributed by atoms with Crippen molar-refractivity contribution in [2.45, 2.75) is 18.8 Å². The van der Waals surface area contributed by atoms with Gasteiger partial charge in [0.25, 0.3) is 0 Å². The maximum Gasteiger partial charge on any atom is 0.231 e. The molecule has 1 amide bonds. The van der Waals surface area contributed by atoms with E-state index in [1.165, 1.54) is 0 Å². The third-order valence-electron chi connectivity index (χ3n) is 4.41. The Morgan fingerprint density at radius 1 is 1.27 bits per heavy atom. The zero-order valence-corrected chi connectivity index (χ0v) is 14.5. The molecular weight excluding hydrogens is 326 g/mol. The van der Waals surface area contributed by atoms with Crippen LogP contribution in [0.1, 0.15) is 23.5 Å². The molecular formula is C20H19N5O. The lowest BCUT2D eigenvalue weighted by Crippen LogP contribution is -2.34. The summed E-state index contributed by atoms with van der Waals surface area (Å²) in [5.41, 5.74) is 2.11. The lowest BCUT2D eigenvalue weighted by molar-refractivity contribution is -0.115. The third-order valence-corrected chi connectivity index (χ3v) is 4.41. The Bertz CT molecular complexity index is 1060. The number of rotatable bonds is 4. The first-order valence-electron chi connectivity index (χ1n) is 8.55. The highest BCUT2D eigenvalue weighted by atomic mass is 16.1. The molecule has 3 aromatic rings. The lowest BCUT2D eigenvalue weighted by atomic mass is 9.94. The van der Waals surface area contributed by atoms with Crippen LogP contribution in [0.2, 0.25) is 0 Å². The molecule has 1 atom stereocenters. The molecule has 0 spiro atoms. The summed E-state index contributed by atoms with van der Waals surface area (Å²) in [5.74, 6) is 0.444. The van der Waals surface area contributed by atoms with Crippen molar-refractivity contribution < 1.29 is 4.79 Å². The van der Waals surface area contributed by atoms with Crippen molar-refractivity contribution in [3.63, 3.8) is 0 Å². The number of aromatic nitrogens is 4. The van der Waals surface area contributed by atoms with Crippen molar-refractivity contribution in [3.8, 4) is 0 Å². The number of nitrogens with one attached hydrogen (secondary N) is 1. The molecule has 26 heavy (non-hydrogen) atoms. The Morgan fingerprint density at radius 3 is 2.88 bits per heavy atom. The quantitative estimate of drug-likeness (QED) is 0.770. The van der Waals surface area contributed by atoms with Gasteiger partial charge in [0.1, 0.15) is 0 Å². The summed E-state index contributed by atoms with van der Waals surface area (Å²) in [6.45, 7) is 0. The van der Waals surface area contributed by atoms with E-state index in [9.17, 15) is 4.79 Å². The van der Waals surface area contributed by atoms with Crippen LogP contribution in [0, 0.1) is 0 Å². The monoisotopic (exact) mass is 345 g/mol. The minimum absolute atomic E-state index is 0.125. The molecule has 6 nitrogen and oxygen atoms in total. The molecule has 0 saturated carbocycles. The van der Waals surface area contributed by atoms with Crippen LogP contribution in [-0.4, -0.2) is 25.7 Å². The van der Waals surface area contributed by atoms with Gasteiger partial charge in [-0.05, 0) is 23.6 Å². The molecule has 1 aromatic carbocycles. The number of amides is 1. The fraction of sp³-hybridized carbons (Fsp3) is 0.200. The number of anilines is 1. The normalized spacial score (nSPS) is 15.5. The summed E-state index contributed by atoms with van der Waals surface area (Å²) in [6.07, 6.45) is 11.1. The van der Waals surface area contributed by atoms with E-state index in [1.54, 1.807) is 10.9 Å². The summed E-state index contributed by atoms with van der Waals surface area (Å²) >= 11 is 0. The van der Waals surface area contributed by atoms with Gasteiger partial charge in [-0.3, -0.25) is 14.8 Å². The summed E-state index contributed by atoms with van der Waals surface area (Å²) in [6, 6.07) is 9.62. The predicted molar refractivity (Wildman–Crippen MR) is 99.6 cm³/mol. The van der Waals surface area contributed by atoms with E-state index in [0.717, 1.165) is 28.1 Å².